The molecule has 1 saturated heterocycles. The van der Waals surface area contributed by atoms with Crippen molar-refractivity contribution in [3.05, 3.63) is 90.5 Å². The van der Waals surface area contributed by atoms with Crippen LogP contribution in [0.4, 0.5) is 11.4 Å². The fraction of sp³-hybridized carbons (Fsp3) is 0.269. The first-order chi connectivity index (χ1) is 16.5. The van der Waals surface area contributed by atoms with Crippen LogP contribution in [0.25, 0.3) is 0 Å². The second-order valence-electron chi connectivity index (χ2n) is 8.52. The fourth-order valence-corrected chi connectivity index (χ4v) is 5.86. The summed E-state index contributed by atoms with van der Waals surface area (Å²) in [4.78, 5) is 0.246. The molecule has 0 aliphatic carbocycles. The molecule has 178 valence electrons. The number of nitrogens with two attached hydrogens (primary N) is 1. The molecular weight excluding hydrogens is 446 g/mol. The monoisotopic (exact) mass is 477 g/mol. The smallest absolute Gasteiger partial charge is 0.264 e. The topological polar surface area (TPSA) is 111 Å². The lowest BCUT2D eigenvalue weighted by Crippen LogP contribution is -2.45. The highest BCUT2D eigenvalue weighted by molar-refractivity contribution is 7.92. The second-order valence-corrected chi connectivity index (χ2v) is 10.4. The molecule has 1 aliphatic rings. The van der Waals surface area contributed by atoms with Crippen LogP contribution < -0.4 is 20.7 Å². The van der Waals surface area contributed by atoms with Crippen LogP contribution in [0.3, 0.4) is 0 Å². The second kappa shape index (κ2) is 10.7. The highest BCUT2D eigenvalue weighted by Gasteiger charge is 2.29. The van der Waals surface area contributed by atoms with Crippen LogP contribution in [0.2, 0.25) is 0 Å². The van der Waals surface area contributed by atoms with E-state index >= 15 is 0 Å². The Labute approximate surface area is 201 Å². The summed E-state index contributed by atoms with van der Waals surface area (Å²) in [6, 6.07) is 25.6. The van der Waals surface area contributed by atoms with Gasteiger partial charge in [0.15, 0.2) is 0 Å². The third kappa shape index (κ3) is 5.40. The Kier molecular flexibility index (Phi) is 7.49. The minimum absolute atomic E-state index is 0.0399. The molecule has 3 aromatic rings. The number of rotatable bonds is 9. The first-order valence-corrected chi connectivity index (χ1v) is 12.9. The predicted molar refractivity (Wildman–Crippen MR) is 138 cm³/mol. The van der Waals surface area contributed by atoms with Crippen LogP contribution in [-0.4, -0.2) is 33.9 Å². The molecule has 0 amide bonds. The van der Waals surface area contributed by atoms with Crippen molar-refractivity contribution in [3.63, 3.8) is 0 Å². The van der Waals surface area contributed by atoms with Crippen LogP contribution in [0.15, 0.2) is 89.8 Å². The highest BCUT2D eigenvalue weighted by Crippen LogP contribution is 2.33. The van der Waals surface area contributed by atoms with E-state index in [4.69, 9.17) is 11.1 Å². The lowest BCUT2D eigenvalue weighted by Gasteiger charge is -2.32. The number of nitrogens with one attached hydrogen (secondary N) is 3. The van der Waals surface area contributed by atoms with Crippen molar-refractivity contribution in [1.29, 1.82) is 5.41 Å². The molecule has 4 rings (SSSR count). The van der Waals surface area contributed by atoms with Crippen LogP contribution in [0.5, 0.6) is 0 Å². The van der Waals surface area contributed by atoms with Crippen molar-refractivity contribution in [2.75, 3.05) is 29.3 Å². The number of anilines is 2. The van der Waals surface area contributed by atoms with Crippen LogP contribution in [0.1, 0.15) is 12.0 Å². The first-order valence-electron chi connectivity index (χ1n) is 11.5. The Balaban J connectivity index is 1.67. The molecule has 0 bridgehead atoms. The van der Waals surface area contributed by atoms with E-state index in [-0.39, 0.29) is 29.1 Å². The summed E-state index contributed by atoms with van der Waals surface area (Å²) >= 11 is 0. The molecule has 1 heterocycles. The number of piperidine rings is 1. The molecule has 7 nitrogen and oxygen atoms in total. The number of sulfonamides is 1. The van der Waals surface area contributed by atoms with Crippen molar-refractivity contribution in [3.8, 4) is 0 Å². The quantitative estimate of drug-likeness (QED) is 0.278. The van der Waals surface area contributed by atoms with E-state index in [0.717, 1.165) is 24.2 Å². The summed E-state index contributed by atoms with van der Waals surface area (Å²) < 4.78 is 29.0. The molecular formula is C26H31N5O2S. The Morgan fingerprint density at radius 2 is 1.65 bits per heavy atom. The maximum Gasteiger partial charge on any atom is 0.264 e. The maximum absolute atomic E-state index is 13.8. The van der Waals surface area contributed by atoms with E-state index in [1.807, 2.05) is 54.6 Å². The van der Waals surface area contributed by atoms with Crippen molar-refractivity contribution < 1.29 is 8.42 Å². The molecule has 1 fully saturated rings. The normalized spacial score (nSPS) is 18.2. The Morgan fingerprint density at radius 3 is 2.35 bits per heavy atom. The van der Waals surface area contributed by atoms with Crippen LogP contribution in [0, 0.1) is 17.2 Å². The summed E-state index contributed by atoms with van der Waals surface area (Å²) in [5.74, 6) is 0.339. The Bertz CT molecular complexity index is 1200. The molecule has 0 spiro atoms. The van der Waals surface area contributed by atoms with Gasteiger partial charge in [-0.05, 0) is 48.7 Å². The minimum atomic E-state index is -3.81. The van der Waals surface area contributed by atoms with E-state index < -0.39 is 10.0 Å². The van der Waals surface area contributed by atoms with Gasteiger partial charge in [0.2, 0.25) is 0 Å². The zero-order valence-corrected chi connectivity index (χ0v) is 19.8. The largest absolute Gasteiger partial charge is 0.387 e. The molecule has 1 aliphatic heterocycles. The highest BCUT2D eigenvalue weighted by atomic mass is 32.2. The van der Waals surface area contributed by atoms with Crippen molar-refractivity contribution in [2.24, 2.45) is 17.6 Å². The molecule has 8 heteroatoms. The summed E-state index contributed by atoms with van der Waals surface area (Å²) in [5, 5.41) is 14.7. The van der Waals surface area contributed by atoms with E-state index in [1.54, 1.807) is 30.3 Å². The Hall–Kier alpha value is -3.36. The van der Waals surface area contributed by atoms with Gasteiger partial charge in [0.1, 0.15) is 0 Å². The van der Waals surface area contributed by atoms with E-state index in [0.29, 0.717) is 18.8 Å². The van der Waals surface area contributed by atoms with Crippen LogP contribution >= 0.6 is 0 Å². The number of nitrogens with zero attached hydrogens (tertiary/aromatic N) is 1. The van der Waals surface area contributed by atoms with Gasteiger partial charge in [0.05, 0.1) is 28.7 Å². The van der Waals surface area contributed by atoms with Gasteiger partial charge in [-0.1, -0.05) is 60.7 Å². The fourth-order valence-electron chi connectivity index (χ4n) is 4.37. The van der Waals surface area contributed by atoms with Gasteiger partial charge in [0, 0.05) is 19.0 Å². The number of amidine groups is 1. The van der Waals surface area contributed by atoms with Gasteiger partial charge < -0.3 is 16.4 Å². The number of benzene rings is 3. The zero-order chi connectivity index (χ0) is 24.0. The average molecular weight is 478 g/mol. The maximum atomic E-state index is 13.8. The number of para-hydroxylation sites is 2. The summed E-state index contributed by atoms with van der Waals surface area (Å²) in [7, 11) is -3.81. The zero-order valence-electron chi connectivity index (χ0n) is 19.0. The Morgan fingerprint density at radius 1 is 1.00 bits per heavy atom. The molecule has 3 aromatic carbocycles. The van der Waals surface area contributed by atoms with E-state index in [1.165, 1.54) is 4.31 Å². The minimum Gasteiger partial charge on any atom is -0.387 e. The number of hydrogen-bond donors (Lipinski definition) is 4. The van der Waals surface area contributed by atoms with Gasteiger partial charge in [-0.3, -0.25) is 9.71 Å². The molecule has 0 radical (unpaired) electrons. The molecule has 2 unspecified atom stereocenters. The van der Waals surface area contributed by atoms with Gasteiger partial charge >= 0.3 is 0 Å². The third-order valence-corrected chi connectivity index (χ3v) is 8.03. The SMILES string of the molecule is N=C(N)C1CNCCC1CNc1ccccc1N(Cc1ccccc1)S(=O)(=O)c1ccccc1. The van der Waals surface area contributed by atoms with Crippen molar-refractivity contribution >= 4 is 27.2 Å². The van der Waals surface area contributed by atoms with Crippen molar-refractivity contribution in [1.82, 2.24) is 5.32 Å². The van der Waals surface area contributed by atoms with Crippen molar-refractivity contribution in [2.45, 2.75) is 17.9 Å². The summed E-state index contributed by atoms with van der Waals surface area (Å²) in [6.07, 6.45) is 0.898. The lowest BCUT2D eigenvalue weighted by molar-refractivity contribution is 0.329. The number of hydrogen-bond acceptors (Lipinski definition) is 5. The van der Waals surface area contributed by atoms with Gasteiger partial charge in [-0.25, -0.2) is 8.42 Å². The predicted octanol–water partition coefficient (Wildman–Crippen LogP) is 3.66. The summed E-state index contributed by atoms with van der Waals surface area (Å²) in [6.45, 7) is 2.37. The standard InChI is InChI=1S/C26H31N5O2S/c27-26(28)23-18-29-16-15-21(23)17-30-24-13-7-8-14-25(24)31(19-20-9-3-1-4-10-20)34(32,33)22-11-5-2-6-12-22/h1-14,21,23,29-30H,15-19H2,(H3,27,28). The van der Waals surface area contributed by atoms with Gasteiger partial charge in [0.25, 0.3) is 10.0 Å². The first kappa shape index (κ1) is 23.8. The third-order valence-electron chi connectivity index (χ3n) is 6.25. The van der Waals surface area contributed by atoms with Crippen LogP contribution in [-0.2, 0) is 16.6 Å². The molecule has 2 atom stereocenters. The molecule has 0 saturated carbocycles. The molecule has 0 aromatic heterocycles. The van der Waals surface area contributed by atoms with E-state index in [9.17, 15) is 8.42 Å². The molecule has 34 heavy (non-hydrogen) atoms. The molecule has 5 N–H and O–H groups in total. The van der Waals surface area contributed by atoms with E-state index in [2.05, 4.69) is 10.6 Å². The summed E-state index contributed by atoms with van der Waals surface area (Å²) in [5.41, 5.74) is 8.06. The average Bonchev–Trinajstić information content (AvgIpc) is 2.87. The van der Waals surface area contributed by atoms with Gasteiger partial charge in [-0.2, -0.15) is 0 Å². The van der Waals surface area contributed by atoms with Gasteiger partial charge in [-0.15, -0.1) is 0 Å². The lowest BCUT2D eigenvalue weighted by atomic mass is 9.85.